The number of nitrogens with zero attached hydrogens (tertiary/aromatic N) is 3. The van der Waals surface area contributed by atoms with Gasteiger partial charge in [-0.3, -0.25) is 0 Å². The molecule has 3 heterocycles. The van der Waals surface area contributed by atoms with Crippen LogP contribution in [0.15, 0.2) is 24.3 Å². The molecule has 2 N–H and O–H groups in total. The largest absolute Gasteiger partial charge is 0.476 e. The normalized spacial score (nSPS) is 24.8. The van der Waals surface area contributed by atoms with Gasteiger partial charge in [-0.05, 0) is 49.3 Å². The first kappa shape index (κ1) is 23.8. The molecule has 1 aliphatic carbocycles. The molecular weight excluding hydrogens is 448 g/mol. The first-order valence-electron chi connectivity index (χ1n) is 12.7. The SMILES string of the molecule is C[C@H]1CC[C@@H](Nc2nc(OC3CCOC3)c(-c3ccc(N4CCOCC4)cc3)c(C(=O)O)n2)CC1. The molecule has 0 amide bonds. The van der Waals surface area contributed by atoms with Crippen LogP contribution in [0.3, 0.4) is 0 Å². The third kappa shape index (κ3) is 5.67. The number of hydrogen-bond donors (Lipinski definition) is 2. The second-order valence-electron chi connectivity index (χ2n) is 9.73. The minimum atomic E-state index is -1.10. The third-order valence-electron chi connectivity index (χ3n) is 7.13. The zero-order valence-corrected chi connectivity index (χ0v) is 20.2. The highest BCUT2D eigenvalue weighted by Crippen LogP contribution is 2.36. The molecule has 0 bridgehead atoms. The maximum absolute atomic E-state index is 12.4. The van der Waals surface area contributed by atoms with E-state index in [1.807, 2.05) is 24.3 Å². The van der Waals surface area contributed by atoms with Crippen LogP contribution >= 0.6 is 0 Å². The Morgan fingerprint density at radius 1 is 1.03 bits per heavy atom. The maximum Gasteiger partial charge on any atom is 0.355 e. The van der Waals surface area contributed by atoms with Crippen LogP contribution in [0.2, 0.25) is 0 Å². The van der Waals surface area contributed by atoms with E-state index < -0.39 is 5.97 Å². The van der Waals surface area contributed by atoms with Crippen LogP contribution in [0, 0.1) is 5.92 Å². The molecule has 2 aromatic rings. The van der Waals surface area contributed by atoms with Gasteiger partial charge in [0, 0.05) is 31.2 Å². The summed E-state index contributed by atoms with van der Waals surface area (Å²) in [6, 6.07) is 8.08. The monoisotopic (exact) mass is 482 g/mol. The van der Waals surface area contributed by atoms with Crippen molar-refractivity contribution in [2.24, 2.45) is 5.92 Å². The number of aromatic carboxylic acids is 1. The molecule has 0 radical (unpaired) electrons. The van der Waals surface area contributed by atoms with Crippen LogP contribution in [0.1, 0.15) is 49.5 Å². The molecule has 1 aromatic heterocycles. The van der Waals surface area contributed by atoms with E-state index in [4.69, 9.17) is 19.2 Å². The molecule has 0 spiro atoms. The quantitative estimate of drug-likeness (QED) is 0.609. The molecule has 1 atom stereocenters. The van der Waals surface area contributed by atoms with Crippen LogP contribution in [-0.4, -0.2) is 72.7 Å². The maximum atomic E-state index is 12.4. The number of carbonyl (C=O) groups is 1. The number of anilines is 2. The van der Waals surface area contributed by atoms with Gasteiger partial charge < -0.3 is 29.5 Å². The van der Waals surface area contributed by atoms with E-state index in [0.29, 0.717) is 55.3 Å². The number of nitrogens with one attached hydrogen (secondary N) is 1. The summed E-state index contributed by atoms with van der Waals surface area (Å²) in [6.45, 7) is 6.42. The van der Waals surface area contributed by atoms with Crippen molar-refractivity contribution in [1.82, 2.24) is 9.97 Å². The van der Waals surface area contributed by atoms with Gasteiger partial charge in [0.05, 0.1) is 32.0 Å². The Morgan fingerprint density at radius 3 is 2.43 bits per heavy atom. The number of hydrogen-bond acceptors (Lipinski definition) is 8. The summed E-state index contributed by atoms with van der Waals surface area (Å²) in [4.78, 5) is 23.8. The first-order chi connectivity index (χ1) is 17.1. The van der Waals surface area contributed by atoms with Gasteiger partial charge in [-0.2, -0.15) is 4.98 Å². The lowest BCUT2D eigenvalue weighted by molar-refractivity contribution is 0.0690. The molecule has 5 rings (SSSR count). The average molecular weight is 483 g/mol. The summed E-state index contributed by atoms with van der Waals surface area (Å²) in [7, 11) is 0. The Kier molecular flexibility index (Phi) is 7.34. The van der Waals surface area contributed by atoms with Gasteiger partial charge >= 0.3 is 5.97 Å². The van der Waals surface area contributed by atoms with E-state index in [1.165, 1.54) is 0 Å². The fraction of sp³-hybridized carbons (Fsp3) is 0.577. The Bertz CT molecular complexity index is 1010. The predicted molar refractivity (Wildman–Crippen MR) is 132 cm³/mol. The molecule has 9 nitrogen and oxygen atoms in total. The Balaban J connectivity index is 1.48. The fourth-order valence-electron chi connectivity index (χ4n) is 5.02. The highest BCUT2D eigenvalue weighted by Gasteiger charge is 2.28. The Morgan fingerprint density at radius 2 is 1.77 bits per heavy atom. The van der Waals surface area contributed by atoms with Crippen molar-refractivity contribution >= 4 is 17.6 Å². The molecule has 188 valence electrons. The molecule has 9 heteroatoms. The lowest BCUT2D eigenvalue weighted by Gasteiger charge is -2.29. The summed E-state index contributed by atoms with van der Waals surface area (Å²) < 4.78 is 17.2. The van der Waals surface area contributed by atoms with Crippen LogP contribution in [-0.2, 0) is 9.47 Å². The van der Waals surface area contributed by atoms with E-state index in [9.17, 15) is 9.90 Å². The Labute approximate surface area is 205 Å². The van der Waals surface area contributed by atoms with Gasteiger partial charge in [0.15, 0.2) is 5.69 Å². The fourth-order valence-corrected chi connectivity index (χ4v) is 5.02. The number of benzene rings is 1. The van der Waals surface area contributed by atoms with Crippen molar-refractivity contribution in [1.29, 1.82) is 0 Å². The number of rotatable bonds is 7. The van der Waals surface area contributed by atoms with Crippen molar-refractivity contribution in [3.05, 3.63) is 30.0 Å². The van der Waals surface area contributed by atoms with Crippen molar-refractivity contribution in [2.75, 3.05) is 49.7 Å². The summed E-state index contributed by atoms with van der Waals surface area (Å²) >= 11 is 0. The van der Waals surface area contributed by atoms with E-state index in [0.717, 1.165) is 50.9 Å². The first-order valence-corrected chi connectivity index (χ1v) is 12.7. The second-order valence-corrected chi connectivity index (χ2v) is 9.73. The number of carboxylic acids is 1. The van der Waals surface area contributed by atoms with E-state index in [1.54, 1.807) is 0 Å². The number of aromatic nitrogens is 2. The van der Waals surface area contributed by atoms with Crippen molar-refractivity contribution in [2.45, 2.75) is 51.2 Å². The van der Waals surface area contributed by atoms with Crippen LogP contribution in [0.25, 0.3) is 11.1 Å². The molecule has 2 saturated heterocycles. The van der Waals surface area contributed by atoms with Gasteiger partial charge in [0.25, 0.3) is 0 Å². The topological polar surface area (TPSA) is 106 Å². The molecular formula is C26H34N4O5. The van der Waals surface area contributed by atoms with E-state index in [2.05, 4.69) is 22.1 Å². The van der Waals surface area contributed by atoms with E-state index in [-0.39, 0.29) is 17.8 Å². The molecule has 1 saturated carbocycles. The molecule has 3 aliphatic rings. The van der Waals surface area contributed by atoms with Crippen molar-refractivity contribution < 1.29 is 24.1 Å². The summed E-state index contributed by atoms with van der Waals surface area (Å²) in [5.41, 5.74) is 2.14. The summed E-state index contributed by atoms with van der Waals surface area (Å²) in [5, 5.41) is 13.5. The number of carboxylic acid groups (broad SMARTS) is 1. The van der Waals surface area contributed by atoms with Crippen LogP contribution in [0.4, 0.5) is 11.6 Å². The molecule has 1 aromatic carbocycles. The lowest BCUT2D eigenvalue weighted by atomic mass is 9.87. The molecule has 2 aliphatic heterocycles. The smallest absolute Gasteiger partial charge is 0.355 e. The number of ether oxygens (including phenoxy) is 3. The minimum Gasteiger partial charge on any atom is -0.476 e. The van der Waals surface area contributed by atoms with Gasteiger partial charge in [0.1, 0.15) is 6.10 Å². The van der Waals surface area contributed by atoms with Crippen LogP contribution in [0.5, 0.6) is 5.88 Å². The van der Waals surface area contributed by atoms with Gasteiger partial charge in [-0.15, -0.1) is 0 Å². The van der Waals surface area contributed by atoms with Crippen LogP contribution < -0.4 is 15.0 Å². The Hall–Kier alpha value is -2.91. The average Bonchev–Trinajstić information content (AvgIpc) is 3.39. The molecule has 1 unspecified atom stereocenters. The number of morpholine rings is 1. The molecule has 3 fully saturated rings. The zero-order chi connectivity index (χ0) is 24.2. The lowest BCUT2D eigenvalue weighted by Crippen LogP contribution is -2.36. The molecule has 35 heavy (non-hydrogen) atoms. The summed E-state index contributed by atoms with van der Waals surface area (Å²) in [6.07, 6.45) is 4.89. The standard InChI is InChI=1S/C26H34N4O5/c1-17-2-6-19(7-3-17)27-26-28-23(25(31)32)22(24(29-26)35-21-10-13-34-16-21)18-4-8-20(9-5-18)30-11-14-33-15-12-30/h4-5,8-9,17,19,21H,2-3,6-7,10-16H2,1H3,(H,31,32)(H,27,28,29)/t17-,19+,21?. The second kappa shape index (κ2) is 10.8. The predicted octanol–water partition coefficient (Wildman–Crippen LogP) is 3.84. The summed E-state index contributed by atoms with van der Waals surface area (Å²) in [5.74, 6) is 0.211. The minimum absolute atomic E-state index is 0.0558. The van der Waals surface area contributed by atoms with Crippen molar-refractivity contribution in [3.63, 3.8) is 0 Å². The van der Waals surface area contributed by atoms with Crippen molar-refractivity contribution in [3.8, 4) is 17.0 Å². The van der Waals surface area contributed by atoms with E-state index >= 15 is 0 Å². The highest BCUT2D eigenvalue weighted by molar-refractivity contribution is 5.96. The van der Waals surface area contributed by atoms with Gasteiger partial charge in [-0.25, -0.2) is 9.78 Å². The van der Waals surface area contributed by atoms with Gasteiger partial charge in [-0.1, -0.05) is 19.1 Å². The third-order valence-corrected chi connectivity index (χ3v) is 7.13. The zero-order valence-electron chi connectivity index (χ0n) is 20.2. The highest BCUT2D eigenvalue weighted by atomic mass is 16.5. The van der Waals surface area contributed by atoms with Gasteiger partial charge in [0.2, 0.25) is 11.8 Å².